The summed E-state index contributed by atoms with van der Waals surface area (Å²) in [4.78, 5) is 10.6. The minimum Gasteiger partial charge on any atom is -0.469 e. The van der Waals surface area contributed by atoms with Gasteiger partial charge in [-0.2, -0.15) is 0 Å². The molecule has 2 atom stereocenters. The second kappa shape index (κ2) is 3.53. The predicted octanol–water partition coefficient (Wildman–Crippen LogP) is 0.421. The fourth-order valence-corrected chi connectivity index (χ4v) is 1.13. The fourth-order valence-electron chi connectivity index (χ4n) is 1.13. The summed E-state index contributed by atoms with van der Waals surface area (Å²) >= 11 is 0. The van der Waals surface area contributed by atoms with Crippen LogP contribution in [0.5, 0.6) is 0 Å². The van der Waals surface area contributed by atoms with Gasteiger partial charge in [-0.15, -0.1) is 12.4 Å². The van der Waals surface area contributed by atoms with Crippen molar-refractivity contribution in [3.8, 4) is 0 Å². The lowest BCUT2D eigenvalue weighted by Gasteiger charge is -1.93. The zero-order chi connectivity index (χ0) is 8.65. The lowest BCUT2D eigenvalue weighted by Crippen LogP contribution is -2.09. The molecule has 0 aliphatic heterocycles. The molecule has 0 aromatic carbocycles. The SMILES string of the molecule is COC(=O)C1C(CN)C1(F)F.Cl. The van der Waals surface area contributed by atoms with Gasteiger partial charge >= 0.3 is 5.97 Å². The highest BCUT2D eigenvalue weighted by Crippen LogP contribution is 2.54. The van der Waals surface area contributed by atoms with Crippen molar-refractivity contribution in [2.45, 2.75) is 5.92 Å². The molecule has 1 aliphatic rings. The molecule has 0 bridgehead atoms. The number of esters is 1. The number of alkyl halides is 2. The van der Waals surface area contributed by atoms with Crippen LogP contribution >= 0.6 is 12.4 Å². The first kappa shape index (κ1) is 11.6. The van der Waals surface area contributed by atoms with Crippen molar-refractivity contribution in [1.29, 1.82) is 0 Å². The maximum Gasteiger partial charge on any atom is 0.315 e. The Hall–Kier alpha value is -0.420. The number of carbonyl (C=O) groups excluding carboxylic acids is 1. The molecule has 0 heterocycles. The van der Waals surface area contributed by atoms with Crippen LogP contribution in [0.1, 0.15) is 0 Å². The van der Waals surface area contributed by atoms with E-state index in [1.54, 1.807) is 0 Å². The van der Waals surface area contributed by atoms with E-state index in [2.05, 4.69) is 4.74 Å². The fraction of sp³-hybridized carbons (Fsp3) is 0.833. The number of halogens is 3. The van der Waals surface area contributed by atoms with E-state index in [4.69, 9.17) is 5.73 Å². The predicted molar refractivity (Wildman–Crippen MR) is 40.2 cm³/mol. The van der Waals surface area contributed by atoms with Gasteiger partial charge < -0.3 is 10.5 Å². The molecule has 1 saturated carbocycles. The van der Waals surface area contributed by atoms with Crippen LogP contribution in [-0.2, 0) is 9.53 Å². The maximum atomic E-state index is 12.5. The summed E-state index contributed by atoms with van der Waals surface area (Å²) in [5, 5.41) is 0. The molecule has 1 aliphatic carbocycles. The molecule has 2 N–H and O–H groups in total. The lowest BCUT2D eigenvalue weighted by molar-refractivity contribution is -0.144. The zero-order valence-electron chi connectivity index (χ0n) is 6.42. The van der Waals surface area contributed by atoms with Crippen molar-refractivity contribution in [3.63, 3.8) is 0 Å². The van der Waals surface area contributed by atoms with Crippen molar-refractivity contribution in [1.82, 2.24) is 0 Å². The highest BCUT2D eigenvalue weighted by Gasteiger charge is 2.71. The Balaban J connectivity index is 0.00000121. The Kier molecular flexibility index (Phi) is 3.41. The third kappa shape index (κ3) is 1.51. The first-order chi connectivity index (χ1) is 5.05. The van der Waals surface area contributed by atoms with Gasteiger partial charge in [-0.25, -0.2) is 8.78 Å². The van der Waals surface area contributed by atoms with Crippen molar-refractivity contribution in [2.75, 3.05) is 13.7 Å². The van der Waals surface area contributed by atoms with E-state index < -0.39 is 23.7 Å². The number of hydrogen-bond acceptors (Lipinski definition) is 3. The average Bonchev–Trinajstić information content (AvgIpc) is 2.51. The molecule has 0 spiro atoms. The maximum absolute atomic E-state index is 12.5. The van der Waals surface area contributed by atoms with E-state index in [9.17, 15) is 13.6 Å². The Bertz CT molecular complexity index is 188. The number of carbonyl (C=O) groups is 1. The summed E-state index contributed by atoms with van der Waals surface area (Å²) in [6, 6.07) is 0. The van der Waals surface area contributed by atoms with Crippen LogP contribution in [0.4, 0.5) is 8.78 Å². The number of rotatable bonds is 2. The van der Waals surface area contributed by atoms with Gasteiger partial charge in [0.2, 0.25) is 0 Å². The summed E-state index contributed by atoms with van der Waals surface area (Å²) in [5.74, 6) is -6.14. The van der Waals surface area contributed by atoms with Crippen LogP contribution in [0.25, 0.3) is 0 Å². The normalized spacial score (nSPS) is 30.3. The number of methoxy groups -OCH3 is 1. The van der Waals surface area contributed by atoms with Gasteiger partial charge in [0.25, 0.3) is 5.92 Å². The van der Waals surface area contributed by atoms with Crippen LogP contribution in [0.15, 0.2) is 0 Å². The van der Waals surface area contributed by atoms with E-state index in [1.807, 2.05) is 0 Å². The van der Waals surface area contributed by atoms with E-state index in [0.29, 0.717) is 0 Å². The van der Waals surface area contributed by atoms with Crippen molar-refractivity contribution < 1.29 is 18.3 Å². The molecule has 0 amide bonds. The van der Waals surface area contributed by atoms with Gasteiger partial charge in [0.05, 0.1) is 13.0 Å². The molecule has 3 nitrogen and oxygen atoms in total. The highest BCUT2D eigenvalue weighted by atomic mass is 35.5. The molecule has 6 heteroatoms. The summed E-state index contributed by atoms with van der Waals surface area (Å²) in [5.41, 5.74) is 5.00. The van der Waals surface area contributed by atoms with Gasteiger partial charge in [0.15, 0.2) is 0 Å². The topological polar surface area (TPSA) is 52.3 Å². The summed E-state index contributed by atoms with van der Waals surface area (Å²) in [6.07, 6.45) is 0. The molecule has 72 valence electrons. The van der Waals surface area contributed by atoms with E-state index in [-0.39, 0.29) is 19.0 Å². The van der Waals surface area contributed by atoms with Gasteiger partial charge in [-0.05, 0) is 0 Å². The van der Waals surface area contributed by atoms with Gasteiger partial charge in [0, 0.05) is 6.54 Å². The molecule has 1 fully saturated rings. The standard InChI is InChI=1S/C6H9F2NO2.ClH/c1-11-5(10)4-3(2-9)6(4,7)8;/h3-4H,2,9H2,1H3;1H. The van der Waals surface area contributed by atoms with Crippen molar-refractivity contribution in [3.05, 3.63) is 0 Å². The molecular weight excluding hydrogens is 192 g/mol. The molecule has 0 saturated heterocycles. The minimum atomic E-state index is -2.94. The second-order valence-electron chi connectivity index (χ2n) is 2.52. The first-order valence-corrected chi connectivity index (χ1v) is 3.21. The van der Waals surface area contributed by atoms with Gasteiger partial charge in [-0.1, -0.05) is 0 Å². The Morgan fingerprint density at radius 2 is 2.17 bits per heavy atom. The molecule has 0 radical (unpaired) electrons. The summed E-state index contributed by atoms with van der Waals surface area (Å²) in [6.45, 7) is -0.174. The molecule has 0 aromatic rings. The Labute approximate surface area is 74.7 Å². The second-order valence-corrected chi connectivity index (χ2v) is 2.52. The van der Waals surface area contributed by atoms with Gasteiger partial charge in [-0.3, -0.25) is 4.79 Å². The van der Waals surface area contributed by atoms with Crippen molar-refractivity contribution in [2.24, 2.45) is 17.6 Å². The van der Waals surface area contributed by atoms with Crippen LogP contribution in [0, 0.1) is 11.8 Å². The quantitative estimate of drug-likeness (QED) is 0.659. The highest BCUT2D eigenvalue weighted by molar-refractivity contribution is 5.85. The van der Waals surface area contributed by atoms with E-state index in [0.717, 1.165) is 7.11 Å². The van der Waals surface area contributed by atoms with E-state index >= 15 is 0 Å². The molecule has 2 unspecified atom stereocenters. The average molecular weight is 202 g/mol. The minimum absolute atomic E-state index is 0. The number of nitrogens with two attached hydrogens (primary N) is 1. The molecular formula is C6H10ClF2NO2. The molecule has 1 rings (SSSR count). The molecule has 0 aromatic heterocycles. The van der Waals surface area contributed by atoms with Crippen LogP contribution in [0.2, 0.25) is 0 Å². The summed E-state index contributed by atoms with van der Waals surface area (Å²) in [7, 11) is 1.09. The first-order valence-electron chi connectivity index (χ1n) is 3.21. The Morgan fingerprint density at radius 1 is 1.67 bits per heavy atom. The third-order valence-electron chi connectivity index (χ3n) is 1.91. The monoisotopic (exact) mass is 201 g/mol. The van der Waals surface area contributed by atoms with E-state index in [1.165, 1.54) is 0 Å². The Morgan fingerprint density at radius 3 is 2.42 bits per heavy atom. The third-order valence-corrected chi connectivity index (χ3v) is 1.91. The van der Waals surface area contributed by atoms with Crippen molar-refractivity contribution >= 4 is 18.4 Å². The summed E-state index contributed by atoms with van der Waals surface area (Å²) < 4.78 is 29.2. The largest absolute Gasteiger partial charge is 0.469 e. The lowest BCUT2D eigenvalue weighted by atomic mass is 10.3. The molecule has 12 heavy (non-hydrogen) atoms. The zero-order valence-corrected chi connectivity index (χ0v) is 7.24. The van der Waals surface area contributed by atoms with Crippen LogP contribution in [-0.4, -0.2) is 25.5 Å². The number of hydrogen-bond donors (Lipinski definition) is 1. The number of ether oxygens (including phenoxy) is 1. The van der Waals surface area contributed by atoms with Gasteiger partial charge in [0.1, 0.15) is 5.92 Å². The smallest absolute Gasteiger partial charge is 0.315 e. The van der Waals surface area contributed by atoms with Crippen LogP contribution < -0.4 is 5.73 Å². The van der Waals surface area contributed by atoms with Crippen LogP contribution in [0.3, 0.4) is 0 Å².